The van der Waals surface area contributed by atoms with Crippen molar-refractivity contribution in [3.63, 3.8) is 0 Å². The van der Waals surface area contributed by atoms with Gasteiger partial charge in [-0.2, -0.15) is 0 Å². The van der Waals surface area contributed by atoms with E-state index in [2.05, 4.69) is 6.92 Å². The van der Waals surface area contributed by atoms with E-state index in [1.54, 1.807) is 0 Å². The average Bonchev–Trinajstić information content (AvgIpc) is 2.26. The van der Waals surface area contributed by atoms with Crippen LogP contribution in [0.25, 0.3) is 0 Å². The Morgan fingerprint density at radius 3 is 2.18 bits per heavy atom. The van der Waals surface area contributed by atoms with Gasteiger partial charge in [0, 0.05) is 13.2 Å². The highest BCUT2D eigenvalue weighted by molar-refractivity contribution is 4.56. The van der Waals surface area contributed by atoms with Gasteiger partial charge in [0.2, 0.25) is 0 Å². The number of aliphatic hydroxyl groups excluding tert-OH is 1. The van der Waals surface area contributed by atoms with Crippen molar-refractivity contribution >= 4 is 0 Å². The molecule has 0 aromatic rings. The quantitative estimate of drug-likeness (QED) is 0.537. The van der Waals surface area contributed by atoms with Crippen molar-refractivity contribution in [3.8, 4) is 0 Å². The molecule has 0 saturated heterocycles. The Kier molecular flexibility index (Phi) is 12.3. The van der Waals surface area contributed by atoms with Crippen molar-refractivity contribution in [1.82, 2.24) is 4.90 Å². The zero-order chi connectivity index (χ0) is 12.9. The first-order valence-electron chi connectivity index (χ1n) is 7.07. The Morgan fingerprint density at radius 2 is 1.59 bits per heavy atom. The smallest absolute Gasteiger partial charge is 0.0899 e. The molecule has 0 heterocycles. The molecule has 0 aliphatic rings. The van der Waals surface area contributed by atoms with Crippen molar-refractivity contribution in [2.75, 3.05) is 33.9 Å². The Hall–Kier alpha value is -0.120. The highest BCUT2D eigenvalue weighted by Gasteiger charge is 2.04. The molecule has 1 unspecified atom stereocenters. The third-order valence-corrected chi connectivity index (χ3v) is 2.78. The van der Waals surface area contributed by atoms with E-state index < -0.39 is 0 Å². The molecule has 0 aliphatic carbocycles. The van der Waals surface area contributed by atoms with Crippen LogP contribution in [-0.4, -0.2) is 50.0 Å². The van der Waals surface area contributed by atoms with Crippen molar-refractivity contribution < 1.29 is 9.84 Å². The van der Waals surface area contributed by atoms with Gasteiger partial charge in [-0.15, -0.1) is 0 Å². The number of ether oxygens (including phenoxy) is 1. The van der Waals surface area contributed by atoms with Gasteiger partial charge >= 0.3 is 0 Å². The van der Waals surface area contributed by atoms with E-state index in [9.17, 15) is 5.11 Å². The highest BCUT2D eigenvalue weighted by Crippen LogP contribution is 2.06. The van der Waals surface area contributed by atoms with Crippen molar-refractivity contribution in [1.29, 1.82) is 0 Å². The number of hydrogen-bond donors (Lipinski definition) is 1. The first-order chi connectivity index (χ1) is 8.16. The first kappa shape index (κ1) is 16.9. The summed E-state index contributed by atoms with van der Waals surface area (Å²) in [7, 11) is 3.92. The third kappa shape index (κ3) is 13.8. The van der Waals surface area contributed by atoms with Crippen molar-refractivity contribution in [2.24, 2.45) is 0 Å². The average molecular weight is 245 g/mol. The van der Waals surface area contributed by atoms with Crippen LogP contribution in [-0.2, 0) is 4.74 Å². The van der Waals surface area contributed by atoms with Crippen molar-refractivity contribution in [3.05, 3.63) is 0 Å². The number of likely N-dealkylation sites (N-methyl/N-ethyl adjacent to an activating group) is 1. The summed E-state index contributed by atoms with van der Waals surface area (Å²) < 4.78 is 5.45. The zero-order valence-electron chi connectivity index (χ0n) is 12.0. The maximum atomic E-state index is 9.55. The van der Waals surface area contributed by atoms with Crippen LogP contribution in [0.1, 0.15) is 51.9 Å². The number of unbranched alkanes of at least 4 members (excludes halogenated alkanes) is 6. The van der Waals surface area contributed by atoms with Gasteiger partial charge in [-0.25, -0.2) is 0 Å². The standard InChI is InChI=1S/C14H31NO2/c1-4-5-6-7-8-9-10-11-17-13-14(16)12-15(2)3/h14,16H,4-13H2,1-3H3. The molecule has 17 heavy (non-hydrogen) atoms. The lowest BCUT2D eigenvalue weighted by Gasteiger charge is -2.15. The summed E-state index contributed by atoms with van der Waals surface area (Å²) in [6, 6.07) is 0. The predicted octanol–water partition coefficient (Wildman–Crippen LogP) is 2.68. The molecule has 0 aromatic carbocycles. The van der Waals surface area contributed by atoms with Gasteiger partial charge < -0.3 is 14.7 Å². The molecule has 0 amide bonds. The number of nitrogens with zero attached hydrogens (tertiary/aromatic N) is 1. The minimum Gasteiger partial charge on any atom is -0.389 e. The van der Waals surface area contributed by atoms with Crippen LogP contribution < -0.4 is 0 Å². The van der Waals surface area contributed by atoms with Gasteiger partial charge in [-0.05, 0) is 20.5 Å². The maximum Gasteiger partial charge on any atom is 0.0899 e. The first-order valence-corrected chi connectivity index (χ1v) is 7.07. The van der Waals surface area contributed by atoms with E-state index in [1.165, 1.54) is 38.5 Å². The summed E-state index contributed by atoms with van der Waals surface area (Å²) in [6.45, 7) is 4.18. The van der Waals surface area contributed by atoms with Gasteiger partial charge in [0.15, 0.2) is 0 Å². The Morgan fingerprint density at radius 1 is 1.00 bits per heavy atom. The summed E-state index contributed by atoms with van der Waals surface area (Å²) in [5.41, 5.74) is 0. The van der Waals surface area contributed by atoms with Crippen LogP contribution >= 0.6 is 0 Å². The van der Waals surface area contributed by atoms with Gasteiger partial charge in [0.25, 0.3) is 0 Å². The molecule has 0 fully saturated rings. The summed E-state index contributed by atoms with van der Waals surface area (Å²) in [4.78, 5) is 1.97. The molecule has 0 rings (SSSR count). The molecular formula is C14H31NO2. The van der Waals surface area contributed by atoms with Crippen LogP contribution in [0, 0.1) is 0 Å². The molecule has 1 atom stereocenters. The molecule has 0 bridgehead atoms. The molecule has 3 nitrogen and oxygen atoms in total. The number of hydrogen-bond acceptors (Lipinski definition) is 3. The molecule has 0 aliphatic heterocycles. The molecule has 0 spiro atoms. The van der Waals surface area contributed by atoms with Crippen molar-refractivity contribution in [2.45, 2.75) is 58.0 Å². The van der Waals surface area contributed by atoms with Crippen LogP contribution in [0.2, 0.25) is 0 Å². The minimum atomic E-state index is -0.352. The largest absolute Gasteiger partial charge is 0.389 e. The lowest BCUT2D eigenvalue weighted by Crippen LogP contribution is -2.29. The zero-order valence-corrected chi connectivity index (χ0v) is 12.0. The SMILES string of the molecule is CCCCCCCCCOCC(O)CN(C)C. The van der Waals surface area contributed by atoms with E-state index in [1.807, 2.05) is 19.0 Å². The van der Waals surface area contributed by atoms with Gasteiger partial charge in [0.05, 0.1) is 12.7 Å². The van der Waals surface area contributed by atoms with Crippen LogP contribution in [0.3, 0.4) is 0 Å². The molecule has 3 heteroatoms. The van der Waals surface area contributed by atoms with E-state index in [4.69, 9.17) is 4.74 Å². The number of aliphatic hydroxyl groups is 1. The second kappa shape index (κ2) is 12.3. The summed E-state index contributed by atoms with van der Waals surface area (Å²) in [6.07, 6.45) is 8.77. The third-order valence-electron chi connectivity index (χ3n) is 2.78. The van der Waals surface area contributed by atoms with Crippen LogP contribution in [0.4, 0.5) is 0 Å². The van der Waals surface area contributed by atoms with E-state index >= 15 is 0 Å². The second-order valence-electron chi connectivity index (χ2n) is 5.11. The molecule has 0 radical (unpaired) electrons. The molecule has 1 N–H and O–H groups in total. The molecule has 0 aromatic heterocycles. The second-order valence-corrected chi connectivity index (χ2v) is 5.11. The molecule has 104 valence electrons. The van der Waals surface area contributed by atoms with E-state index in [-0.39, 0.29) is 6.10 Å². The van der Waals surface area contributed by atoms with E-state index in [0.29, 0.717) is 13.2 Å². The normalized spacial score (nSPS) is 13.2. The van der Waals surface area contributed by atoms with Gasteiger partial charge in [-0.1, -0.05) is 45.4 Å². The lowest BCUT2D eigenvalue weighted by atomic mass is 10.1. The maximum absolute atomic E-state index is 9.55. The van der Waals surface area contributed by atoms with E-state index in [0.717, 1.165) is 13.0 Å². The fourth-order valence-electron chi connectivity index (χ4n) is 1.85. The minimum absolute atomic E-state index is 0.352. The lowest BCUT2D eigenvalue weighted by molar-refractivity contribution is 0.0229. The van der Waals surface area contributed by atoms with Gasteiger partial charge in [0.1, 0.15) is 0 Å². The monoisotopic (exact) mass is 245 g/mol. The topological polar surface area (TPSA) is 32.7 Å². The van der Waals surface area contributed by atoms with Crippen LogP contribution in [0.5, 0.6) is 0 Å². The highest BCUT2D eigenvalue weighted by atomic mass is 16.5. The number of rotatable bonds is 12. The summed E-state index contributed by atoms with van der Waals surface area (Å²) >= 11 is 0. The Labute approximate surface area is 107 Å². The Bertz CT molecular complexity index is 151. The molecular weight excluding hydrogens is 214 g/mol. The predicted molar refractivity (Wildman–Crippen MR) is 73.4 cm³/mol. The summed E-state index contributed by atoms with van der Waals surface area (Å²) in [5.74, 6) is 0. The molecule has 0 saturated carbocycles. The Balaban J connectivity index is 3.07. The summed E-state index contributed by atoms with van der Waals surface area (Å²) in [5, 5.41) is 9.55. The van der Waals surface area contributed by atoms with Crippen LogP contribution in [0.15, 0.2) is 0 Å². The fourth-order valence-corrected chi connectivity index (χ4v) is 1.85. The fraction of sp³-hybridized carbons (Fsp3) is 1.00. The van der Waals surface area contributed by atoms with Gasteiger partial charge in [-0.3, -0.25) is 0 Å².